The molecule has 2 aromatic carbocycles. The Bertz CT molecular complexity index is 804. The van der Waals surface area contributed by atoms with Gasteiger partial charge in [-0.1, -0.05) is 18.2 Å². The van der Waals surface area contributed by atoms with Crippen molar-refractivity contribution < 1.29 is 14.1 Å². The van der Waals surface area contributed by atoms with Crippen molar-refractivity contribution in [2.75, 3.05) is 23.3 Å². The van der Waals surface area contributed by atoms with Crippen molar-refractivity contribution in [3.05, 3.63) is 64.0 Å². The first-order chi connectivity index (χ1) is 12.0. The maximum atomic E-state index is 14.3. The third kappa shape index (κ3) is 3.93. The van der Waals surface area contributed by atoms with Crippen LogP contribution in [0.25, 0.3) is 0 Å². The molecule has 25 heavy (non-hydrogen) atoms. The zero-order valence-corrected chi connectivity index (χ0v) is 13.6. The summed E-state index contributed by atoms with van der Waals surface area (Å²) in [5.74, 6) is -0.812. The highest BCUT2D eigenvalue weighted by Gasteiger charge is 2.18. The van der Waals surface area contributed by atoms with E-state index in [1.165, 1.54) is 18.2 Å². The summed E-state index contributed by atoms with van der Waals surface area (Å²) in [4.78, 5) is 24.6. The van der Waals surface area contributed by atoms with E-state index in [1.54, 1.807) is 24.3 Å². The molecule has 0 aromatic heterocycles. The molecule has 0 aliphatic carbocycles. The van der Waals surface area contributed by atoms with Crippen LogP contribution in [-0.4, -0.2) is 23.9 Å². The lowest BCUT2D eigenvalue weighted by atomic mass is 10.1. The number of nitro benzene ring substituents is 1. The highest BCUT2D eigenvalue weighted by atomic mass is 19.1. The van der Waals surface area contributed by atoms with E-state index in [9.17, 15) is 19.3 Å². The van der Waals surface area contributed by atoms with Crippen molar-refractivity contribution in [3.63, 3.8) is 0 Å². The largest absolute Gasteiger partial charge is 0.369 e. The Kier molecular flexibility index (Phi) is 4.92. The van der Waals surface area contributed by atoms with Crippen molar-refractivity contribution in [2.45, 2.75) is 19.3 Å². The molecule has 2 aromatic rings. The van der Waals surface area contributed by atoms with Gasteiger partial charge in [0, 0.05) is 30.4 Å². The first kappa shape index (κ1) is 16.9. The molecule has 3 rings (SSSR count). The molecule has 1 aliphatic rings. The number of anilines is 2. The molecule has 0 radical (unpaired) electrons. The minimum absolute atomic E-state index is 0.104. The molecule has 1 aliphatic heterocycles. The minimum atomic E-state index is -0.521. The van der Waals surface area contributed by atoms with Crippen molar-refractivity contribution in [3.8, 4) is 0 Å². The van der Waals surface area contributed by atoms with Gasteiger partial charge in [-0.25, -0.2) is 4.39 Å². The van der Waals surface area contributed by atoms with Gasteiger partial charge >= 0.3 is 0 Å². The standard InChI is InChI=1S/C18H18FN3O3/c19-15-12-14(7-8-17(15)21-9-3-4-10-21)20-18(23)11-13-5-1-2-6-16(13)22(24)25/h1-2,5-8,12H,3-4,9-11H2,(H,20,23). The Morgan fingerprint density at radius 2 is 1.92 bits per heavy atom. The van der Waals surface area contributed by atoms with Gasteiger partial charge in [-0.3, -0.25) is 14.9 Å². The molecule has 1 heterocycles. The van der Waals surface area contributed by atoms with Gasteiger partial charge in [0.05, 0.1) is 17.0 Å². The molecule has 7 heteroatoms. The number of carbonyl (C=O) groups is 1. The van der Waals surface area contributed by atoms with Crippen LogP contribution in [0.2, 0.25) is 0 Å². The molecule has 0 bridgehead atoms. The second-order valence-electron chi connectivity index (χ2n) is 5.97. The number of nitrogens with one attached hydrogen (secondary N) is 1. The molecule has 1 N–H and O–H groups in total. The van der Waals surface area contributed by atoms with Crippen LogP contribution in [0.3, 0.4) is 0 Å². The molecule has 0 spiro atoms. The van der Waals surface area contributed by atoms with Gasteiger partial charge in [0.1, 0.15) is 5.82 Å². The SMILES string of the molecule is O=C(Cc1ccccc1[N+](=O)[O-])Nc1ccc(N2CCCC2)c(F)c1. The molecule has 1 amide bonds. The number of rotatable bonds is 5. The van der Waals surface area contributed by atoms with E-state index in [0.29, 0.717) is 16.9 Å². The van der Waals surface area contributed by atoms with Crippen molar-refractivity contribution in [2.24, 2.45) is 0 Å². The Hall–Kier alpha value is -2.96. The zero-order valence-electron chi connectivity index (χ0n) is 13.6. The zero-order chi connectivity index (χ0) is 17.8. The summed E-state index contributed by atoms with van der Waals surface area (Å²) in [7, 11) is 0. The predicted octanol–water partition coefficient (Wildman–Crippen LogP) is 3.52. The maximum absolute atomic E-state index is 14.3. The number of halogens is 1. The van der Waals surface area contributed by atoms with E-state index >= 15 is 0 Å². The van der Waals surface area contributed by atoms with E-state index in [4.69, 9.17) is 0 Å². The number of carbonyl (C=O) groups excluding carboxylic acids is 1. The fourth-order valence-electron chi connectivity index (χ4n) is 3.02. The number of hydrogen-bond donors (Lipinski definition) is 1. The minimum Gasteiger partial charge on any atom is -0.369 e. The Morgan fingerprint density at radius 1 is 1.20 bits per heavy atom. The summed E-state index contributed by atoms with van der Waals surface area (Å²) < 4.78 is 14.3. The molecule has 1 fully saturated rings. The second kappa shape index (κ2) is 7.29. The molecular weight excluding hydrogens is 325 g/mol. The van der Waals surface area contributed by atoms with Crippen LogP contribution in [0.15, 0.2) is 42.5 Å². The highest BCUT2D eigenvalue weighted by Crippen LogP contribution is 2.26. The molecule has 0 saturated carbocycles. The van der Waals surface area contributed by atoms with Gasteiger partial charge in [-0.15, -0.1) is 0 Å². The molecule has 0 atom stereocenters. The van der Waals surface area contributed by atoms with Gasteiger partial charge < -0.3 is 10.2 Å². The van der Waals surface area contributed by atoms with Crippen LogP contribution in [0, 0.1) is 15.9 Å². The lowest BCUT2D eigenvalue weighted by molar-refractivity contribution is -0.385. The highest BCUT2D eigenvalue weighted by molar-refractivity contribution is 5.93. The number of hydrogen-bond acceptors (Lipinski definition) is 4. The van der Waals surface area contributed by atoms with Crippen molar-refractivity contribution in [1.29, 1.82) is 0 Å². The van der Waals surface area contributed by atoms with E-state index in [0.717, 1.165) is 25.9 Å². The van der Waals surface area contributed by atoms with Crippen molar-refractivity contribution >= 4 is 23.0 Å². The first-order valence-electron chi connectivity index (χ1n) is 8.11. The number of amides is 1. The average molecular weight is 343 g/mol. The lowest BCUT2D eigenvalue weighted by Gasteiger charge is -2.18. The molecule has 0 unspecified atom stereocenters. The summed E-state index contributed by atoms with van der Waals surface area (Å²) in [5, 5.41) is 13.6. The third-order valence-electron chi connectivity index (χ3n) is 4.22. The van der Waals surface area contributed by atoms with Crippen LogP contribution in [0.5, 0.6) is 0 Å². The summed E-state index contributed by atoms with van der Waals surface area (Å²) in [6.07, 6.45) is 1.95. The Balaban J connectivity index is 1.69. The summed E-state index contributed by atoms with van der Waals surface area (Å²) in [6, 6.07) is 10.7. The van der Waals surface area contributed by atoms with Gasteiger partial charge in [-0.2, -0.15) is 0 Å². The predicted molar refractivity (Wildman–Crippen MR) is 93.3 cm³/mol. The van der Waals surface area contributed by atoms with E-state index in [1.807, 2.05) is 4.90 Å². The van der Waals surface area contributed by atoms with Crippen LogP contribution in [0.4, 0.5) is 21.5 Å². The summed E-state index contributed by atoms with van der Waals surface area (Å²) in [5.41, 5.74) is 1.09. The quantitative estimate of drug-likeness (QED) is 0.666. The fourth-order valence-corrected chi connectivity index (χ4v) is 3.02. The lowest BCUT2D eigenvalue weighted by Crippen LogP contribution is -2.19. The van der Waals surface area contributed by atoms with Crippen LogP contribution in [-0.2, 0) is 11.2 Å². The van der Waals surface area contributed by atoms with Crippen LogP contribution in [0.1, 0.15) is 18.4 Å². The van der Waals surface area contributed by atoms with Gasteiger partial charge in [0.25, 0.3) is 5.69 Å². The Morgan fingerprint density at radius 3 is 2.60 bits per heavy atom. The smallest absolute Gasteiger partial charge is 0.273 e. The van der Waals surface area contributed by atoms with Crippen LogP contribution < -0.4 is 10.2 Å². The first-order valence-corrected chi connectivity index (χ1v) is 8.11. The third-order valence-corrected chi connectivity index (χ3v) is 4.22. The number of nitro groups is 1. The van der Waals surface area contributed by atoms with Crippen molar-refractivity contribution in [1.82, 2.24) is 0 Å². The van der Waals surface area contributed by atoms with Gasteiger partial charge in [0.15, 0.2) is 0 Å². The van der Waals surface area contributed by atoms with Crippen LogP contribution >= 0.6 is 0 Å². The molecule has 6 nitrogen and oxygen atoms in total. The second-order valence-corrected chi connectivity index (χ2v) is 5.97. The summed E-state index contributed by atoms with van der Waals surface area (Å²) >= 11 is 0. The fraction of sp³-hybridized carbons (Fsp3) is 0.278. The number of benzene rings is 2. The van der Waals surface area contributed by atoms with E-state index in [2.05, 4.69) is 5.32 Å². The summed E-state index contributed by atoms with van der Waals surface area (Å²) in [6.45, 7) is 1.67. The molecule has 130 valence electrons. The topological polar surface area (TPSA) is 75.5 Å². The number of para-hydroxylation sites is 1. The number of nitrogens with zero attached hydrogens (tertiary/aromatic N) is 2. The monoisotopic (exact) mass is 343 g/mol. The normalized spacial score (nSPS) is 13.7. The maximum Gasteiger partial charge on any atom is 0.273 e. The molecular formula is C18H18FN3O3. The Labute approximate surface area is 144 Å². The van der Waals surface area contributed by atoms with E-state index in [-0.39, 0.29) is 17.9 Å². The van der Waals surface area contributed by atoms with Gasteiger partial charge in [-0.05, 0) is 31.0 Å². The van der Waals surface area contributed by atoms with E-state index < -0.39 is 10.8 Å². The molecule has 1 saturated heterocycles. The average Bonchev–Trinajstić information content (AvgIpc) is 3.09. The van der Waals surface area contributed by atoms with Gasteiger partial charge in [0.2, 0.25) is 5.91 Å².